The molecule has 1 aliphatic heterocycles. The Morgan fingerprint density at radius 1 is 1.42 bits per heavy atom. The molecule has 1 aromatic carbocycles. The second-order valence-electron chi connectivity index (χ2n) is 7.89. The summed E-state index contributed by atoms with van der Waals surface area (Å²) in [5.74, 6) is 0.489. The summed E-state index contributed by atoms with van der Waals surface area (Å²) in [4.78, 5) is 14.7. The topological polar surface area (TPSA) is 60.8 Å². The van der Waals surface area contributed by atoms with E-state index in [-0.39, 0.29) is 24.3 Å². The summed E-state index contributed by atoms with van der Waals surface area (Å²) in [7, 11) is 0. The molecule has 4 atom stereocenters. The van der Waals surface area contributed by atoms with E-state index >= 15 is 0 Å². The molecule has 2 unspecified atom stereocenters. The van der Waals surface area contributed by atoms with Gasteiger partial charge in [-0.15, -0.1) is 6.58 Å². The van der Waals surface area contributed by atoms with Gasteiger partial charge in [-0.05, 0) is 44.1 Å². The highest BCUT2D eigenvalue weighted by atomic mass is 16.3. The van der Waals surface area contributed by atoms with E-state index in [0.717, 1.165) is 25.8 Å². The third kappa shape index (κ3) is 5.42. The lowest BCUT2D eigenvalue weighted by atomic mass is 9.80. The fourth-order valence-electron chi connectivity index (χ4n) is 3.86. The van der Waals surface area contributed by atoms with E-state index in [0.29, 0.717) is 18.9 Å². The van der Waals surface area contributed by atoms with Crippen LogP contribution in [0.15, 0.2) is 43.0 Å². The monoisotopic (exact) mass is 359 g/mol. The van der Waals surface area contributed by atoms with Crippen molar-refractivity contribution in [1.82, 2.24) is 4.90 Å². The van der Waals surface area contributed by atoms with Gasteiger partial charge in [-0.1, -0.05) is 43.3 Å². The van der Waals surface area contributed by atoms with Crippen LogP contribution in [0.2, 0.25) is 0 Å². The Hall–Kier alpha value is -1.65. The summed E-state index contributed by atoms with van der Waals surface area (Å²) in [5, 5.41) is 19.8. The zero-order valence-corrected chi connectivity index (χ0v) is 16.1. The second kappa shape index (κ2) is 9.33. The van der Waals surface area contributed by atoms with Crippen molar-refractivity contribution in [2.75, 3.05) is 19.7 Å². The summed E-state index contributed by atoms with van der Waals surface area (Å²) in [6.45, 7) is 8.79. The Morgan fingerprint density at radius 2 is 2.12 bits per heavy atom. The van der Waals surface area contributed by atoms with Crippen LogP contribution in [-0.2, 0) is 4.79 Å². The Labute approximate surface area is 157 Å². The predicted molar refractivity (Wildman–Crippen MR) is 105 cm³/mol. The van der Waals surface area contributed by atoms with Crippen molar-refractivity contribution in [1.29, 1.82) is 0 Å². The average Bonchev–Trinajstić information content (AvgIpc) is 2.67. The maximum Gasteiger partial charge on any atom is 0.225 e. The maximum atomic E-state index is 12.8. The van der Waals surface area contributed by atoms with E-state index in [1.165, 1.54) is 5.56 Å². The smallest absolute Gasteiger partial charge is 0.225 e. The lowest BCUT2D eigenvalue weighted by molar-refractivity contribution is -0.137. The van der Waals surface area contributed by atoms with Crippen LogP contribution in [0.1, 0.15) is 51.0 Å². The Kier molecular flexibility index (Phi) is 7.42. The number of amides is 1. The predicted octanol–water partition coefficient (Wildman–Crippen LogP) is 3.35. The molecule has 2 rings (SSSR count). The van der Waals surface area contributed by atoms with Gasteiger partial charge >= 0.3 is 0 Å². The van der Waals surface area contributed by atoms with Crippen molar-refractivity contribution in [3.8, 4) is 0 Å². The number of hydrogen-bond donors (Lipinski definition) is 2. The van der Waals surface area contributed by atoms with Crippen molar-refractivity contribution in [2.24, 2.45) is 11.8 Å². The maximum absolute atomic E-state index is 12.8. The van der Waals surface area contributed by atoms with Crippen LogP contribution in [0, 0.1) is 11.8 Å². The minimum absolute atomic E-state index is 0.0665. The van der Waals surface area contributed by atoms with Crippen molar-refractivity contribution < 1.29 is 15.0 Å². The lowest BCUT2D eigenvalue weighted by Crippen LogP contribution is -2.46. The fourth-order valence-corrected chi connectivity index (χ4v) is 3.86. The molecule has 0 bridgehead atoms. The molecule has 0 aromatic heterocycles. The summed E-state index contributed by atoms with van der Waals surface area (Å²) >= 11 is 0. The van der Waals surface area contributed by atoms with E-state index in [2.05, 4.69) is 18.7 Å². The molecule has 0 spiro atoms. The summed E-state index contributed by atoms with van der Waals surface area (Å²) in [6.07, 6.45) is 4.60. The first-order chi connectivity index (χ1) is 12.4. The Morgan fingerprint density at radius 3 is 2.73 bits per heavy atom. The SMILES string of the molecule is C=CC(C)(O)CCCC(C)C(=O)N1CC[C@H](c2ccccc2)[C@H](CO)C1. The van der Waals surface area contributed by atoms with Gasteiger partial charge in [0.2, 0.25) is 5.91 Å². The number of aliphatic hydroxyl groups is 2. The van der Waals surface area contributed by atoms with Crippen LogP contribution < -0.4 is 0 Å². The standard InChI is InChI=1S/C22H33NO3/c1-4-22(3,26)13-8-9-17(2)21(25)23-14-12-20(19(15-23)16-24)18-10-6-5-7-11-18/h4-7,10-11,17,19-20,24,26H,1,8-9,12-16H2,2-3H3/t17?,19-,20+,22?/m0/s1. The fraction of sp³-hybridized carbons (Fsp3) is 0.591. The van der Waals surface area contributed by atoms with Gasteiger partial charge in [0, 0.05) is 31.5 Å². The molecule has 4 heteroatoms. The van der Waals surface area contributed by atoms with Gasteiger partial charge in [-0.2, -0.15) is 0 Å². The summed E-state index contributed by atoms with van der Waals surface area (Å²) in [5.41, 5.74) is 0.386. The number of carbonyl (C=O) groups excluding carboxylic acids is 1. The number of rotatable bonds is 8. The molecule has 0 aliphatic carbocycles. The number of aliphatic hydroxyl groups excluding tert-OH is 1. The zero-order valence-electron chi connectivity index (χ0n) is 16.1. The molecule has 1 amide bonds. The molecule has 2 N–H and O–H groups in total. The van der Waals surface area contributed by atoms with Crippen LogP contribution in [0.3, 0.4) is 0 Å². The van der Waals surface area contributed by atoms with Crippen molar-refractivity contribution in [3.05, 3.63) is 48.6 Å². The molecule has 1 heterocycles. The van der Waals surface area contributed by atoms with Gasteiger partial charge in [0.1, 0.15) is 0 Å². The van der Waals surface area contributed by atoms with E-state index in [1.807, 2.05) is 30.0 Å². The molecular weight excluding hydrogens is 326 g/mol. The molecule has 1 aromatic rings. The summed E-state index contributed by atoms with van der Waals surface area (Å²) in [6, 6.07) is 10.3. The minimum Gasteiger partial charge on any atom is -0.396 e. The Balaban J connectivity index is 1.89. The quantitative estimate of drug-likeness (QED) is 0.700. The van der Waals surface area contributed by atoms with Crippen LogP contribution >= 0.6 is 0 Å². The number of hydrogen-bond acceptors (Lipinski definition) is 3. The molecule has 1 aliphatic rings. The molecule has 144 valence electrons. The van der Waals surface area contributed by atoms with Crippen LogP contribution in [0.4, 0.5) is 0 Å². The molecule has 26 heavy (non-hydrogen) atoms. The normalized spacial score (nSPS) is 23.9. The van der Waals surface area contributed by atoms with Gasteiger partial charge in [0.25, 0.3) is 0 Å². The van der Waals surface area contributed by atoms with Gasteiger partial charge in [-0.3, -0.25) is 4.79 Å². The zero-order chi connectivity index (χ0) is 19.2. The number of piperidine rings is 1. The first kappa shape index (κ1) is 20.7. The van der Waals surface area contributed by atoms with Gasteiger partial charge in [0.15, 0.2) is 0 Å². The van der Waals surface area contributed by atoms with Crippen molar-refractivity contribution >= 4 is 5.91 Å². The molecule has 4 nitrogen and oxygen atoms in total. The van der Waals surface area contributed by atoms with E-state index < -0.39 is 5.60 Å². The van der Waals surface area contributed by atoms with Crippen molar-refractivity contribution in [2.45, 2.75) is 51.0 Å². The van der Waals surface area contributed by atoms with Crippen LogP contribution in [0.25, 0.3) is 0 Å². The molecule has 0 saturated carbocycles. The number of carbonyl (C=O) groups is 1. The molecule has 0 radical (unpaired) electrons. The first-order valence-electron chi connectivity index (χ1n) is 9.68. The third-order valence-corrected chi connectivity index (χ3v) is 5.69. The highest BCUT2D eigenvalue weighted by Gasteiger charge is 2.33. The van der Waals surface area contributed by atoms with Crippen molar-refractivity contribution in [3.63, 3.8) is 0 Å². The molecule has 1 saturated heterocycles. The van der Waals surface area contributed by atoms with Gasteiger partial charge in [-0.25, -0.2) is 0 Å². The highest BCUT2D eigenvalue weighted by molar-refractivity contribution is 5.78. The number of benzene rings is 1. The van der Waals surface area contributed by atoms with Gasteiger partial charge < -0.3 is 15.1 Å². The van der Waals surface area contributed by atoms with Gasteiger partial charge in [0.05, 0.1) is 5.60 Å². The first-order valence-corrected chi connectivity index (χ1v) is 9.68. The van der Waals surface area contributed by atoms with Crippen LogP contribution in [-0.4, -0.2) is 46.3 Å². The van der Waals surface area contributed by atoms with E-state index in [4.69, 9.17) is 0 Å². The highest BCUT2D eigenvalue weighted by Crippen LogP contribution is 2.33. The van der Waals surface area contributed by atoms with Crippen LogP contribution in [0.5, 0.6) is 0 Å². The third-order valence-electron chi connectivity index (χ3n) is 5.69. The molecular formula is C22H33NO3. The minimum atomic E-state index is -0.862. The Bertz CT molecular complexity index is 584. The largest absolute Gasteiger partial charge is 0.396 e. The number of likely N-dealkylation sites (tertiary alicyclic amines) is 1. The molecule has 1 fully saturated rings. The lowest BCUT2D eigenvalue weighted by Gasteiger charge is -2.39. The second-order valence-corrected chi connectivity index (χ2v) is 7.89. The average molecular weight is 360 g/mol. The number of nitrogens with zero attached hydrogens (tertiary/aromatic N) is 1. The van der Waals surface area contributed by atoms with E-state index in [9.17, 15) is 15.0 Å². The van der Waals surface area contributed by atoms with E-state index in [1.54, 1.807) is 13.0 Å². The summed E-state index contributed by atoms with van der Waals surface area (Å²) < 4.78 is 0.